The Hall–Kier alpha value is -3.16. The molecule has 1 heterocycles. The van der Waals surface area contributed by atoms with Crippen LogP contribution < -0.4 is 5.32 Å². The summed E-state index contributed by atoms with van der Waals surface area (Å²) in [6, 6.07) is -1.04. The highest BCUT2D eigenvalue weighted by atomic mass is 16.7. The average Bonchev–Trinajstić information content (AvgIpc) is 3.39. The number of allylic oxidation sites excluding steroid dienone is 13. The van der Waals surface area contributed by atoms with Crippen molar-refractivity contribution in [2.75, 3.05) is 13.2 Å². The first-order valence-corrected chi connectivity index (χ1v) is 29.4. The number of nitrogens with one attached hydrogen (secondary N) is 1. The van der Waals surface area contributed by atoms with Gasteiger partial charge in [0.25, 0.3) is 0 Å². The van der Waals surface area contributed by atoms with E-state index in [1.54, 1.807) is 6.08 Å². The van der Waals surface area contributed by atoms with Crippen LogP contribution in [0.4, 0.5) is 0 Å². The minimum absolute atomic E-state index is 0.0415. The molecule has 420 valence electrons. The molecule has 8 unspecified atom stereocenters. The Morgan fingerprint density at radius 2 is 0.986 bits per heavy atom. The van der Waals surface area contributed by atoms with Crippen LogP contribution in [0.15, 0.2) is 85.1 Å². The molecule has 1 saturated heterocycles. The zero-order valence-electron chi connectivity index (χ0n) is 46.2. The van der Waals surface area contributed by atoms with Gasteiger partial charge < -0.3 is 45.1 Å². The SMILES string of the molecule is CC/C=C\C/C=C\C/C=C\C/C=C\C/C=C\CCCC(=O)OC1C(OCC(NC(=O)C(O)CCCCCCCC/C=C/CCCCCCCC)C(O)/C=C/CCCCCCCCCCC)OC(CO)C(O)C1O. The number of amides is 1. The zero-order chi connectivity index (χ0) is 53.3. The molecule has 1 aliphatic rings. The number of rotatable bonds is 48. The van der Waals surface area contributed by atoms with Gasteiger partial charge in [-0.1, -0.05) is 221 Å². The Morgan fingerprint density at radius 1 is 0.548 bits per heavy atom. The zero-order valence-corrected chi connectivity index (χ0v) is 46.2. The van der Waals surface area contributed by atoms with Crippen LogP contribution in [-0.4, -0.2) is 99.6 Å². The standard InChI is InChI=1S/C62H107NO10/c1-4-7-10-13-16-19-22-24-26-28-30-32-35-38-41-44-47-50-57(67)73-60-59(69)58(68)56(51-64)72-62(60)71-52-53(54(65)48-45-42-39-36-33-21-18-15-12-9-6-3)63-61(70)55(66)49-46-43-40-37-34-31-29-27-25-23-20-17-14-11-8-5-2/h7,10,16,19,24-27,30,32,38,41,45,48,53-56,58-60,62,64-66,68-69H,4-6,8-9,11-15,17-18,20-23,28-29,31,33-37,39-40,42-44,46-47,49-52H2,1-3H3,(H,63,70)/b10-7-,19-16-,26-24-,27-25+,32-30-,41-38-,48-45+. The average molecular weight is 1030 g/mol. The molecule has 0 aromatic rings. The predicted molar refractivity (Wildman–Crippen MR) is 301 cm³/mol. The molecule has 11 nitrogen and oxygen atoms in total. The van der Waals surface area contributed by atoms with Gasteiger partial charge in [0.2, 0.25) is 5.91 Å². The Morgan fingerprint density at radius 3 is 1.49 bits per heavy atom. The maximum Gasteiger partial charge on any atom is 0.306 e. The lowest BCUT2D eigenvalue weighted by atomic mass is 9.99. The maximum absolute atomic E-state index is 13.4. The lowest BCUT2D eigenvalue weighted by Crippen LogP contribution is -2.61. The van der Waals surface area contributed by atoms with Gasteiger partial charge >= 0.3 is 5.97 Å². The van der Waals surface area contributed by atoms with Crippen molar-refractivity contribution < 1.29 is 49.3 Å². The molecule has 0 bridgehead atoms. The van der Waals surface area contributed by atoms with Crippen molar-refractivity contribution in [2.24, 2.45) is 0 Å². The van der Waals surface area contributed by atoms with Crippen LogP contribution >= 0.6 is 0 Å². The summed E-state index contributed by atoms with van der Waals surface area (Å²) in [6.07, 6.45) is 53.4. The number of aliphatic hydroxyl groups excluding tert-OH is 5. The number of ether oxygens (including phenoxy) is 3. The van der Waals surface area contributed by atoms with Gasteiger partial charge in [0.05, 0.1) is 25.4 Å². The third kappa shape index (κ3) is 38.1. The van der Waals surface area contributed by atoms with Crippen molar-refractivity contribution in [2.45, 2.75) is 282 Å². The summed E-state index contributed by atoms with van der Waals surface area (Å²) in [5.74, 6) is -1.27. The van der Waals surface area contributed by atoms with E-state index in [2.05, 4.69) is 86.8 Å². The second kappa shape index (κ2) is 49.7. The molecule has 1 amide bonds. The van der Waals surface area contributed by atoms with E-state index in [4.69, 9.17) is 14.2 Å². The Bertz CT molecular complexity index is 1510. The molecule has 6 N–H and O–H groups in total. The quantitative estimate of drug-likeness (QED) is 0.0195. The van der Waals surface area contributed by atoms with E-state index in [-0.39, 0.29) is 19.4 Å². The first-order valence-electron chi connectivity index (χ1n) is 29.4. The van der Waals surface area contributed by atoms with Crippen LogP contribution in [0.1, 0.15) is 233 Å². The molecule has 0 aliphatic carbocycles. The number of hydrogen-bond donors (Lipinski definition) is 6. The highest BCUT2D eigenvalue weighted by Gasteiger charge is 2.47. The Balaban J connectivity index is 2.75. The summed E-state index contributed by atoms with van der Waals surface area (Å²) in [4.78, 5) is 26.4. The van der Waals surface area contributed by atoms with E-state index >= 15 is 0 Å². The van der Waals surface area contributed by atoms with Crippen molar-refractivity contribution in [3.8, 4) is 0 Å². The minimum Gasteiger partial charge on any atom is -0.454 e. The lowest BCUT2D eigenvalue weighted by Gasteiger charge is -2.41. The Kier molecular flexibility index (Phi) is 46.2. The fourth-order valence-corrected chi connectivity index (χ4v) is 8.62. The van der Waals surface area contributed by atoms with Crippen molar-refractivity contribution in [1.29, 1.82) is 0 Å². The fourth-order valence-electron chi connectivity index (χ4n) is 8.62. The molecule has 1 rings (SSSR count). The summed E-state index contributed by atoms with van der Waals surface area (Å²) in [5, 5.41) is 56.8. The second-order valence-electron chi connectivity index (χ2n) is 20.0. The second-order valence-corrected chi connectivity index (χ2v) is 20.0. The molecule has 8 atom stereocenters. The smallest absolute Gasteiger partial charge is 0.306 e. The van der Waals surface area contributed by atoms with Gasteiger partial charge in [0.15, 0.2) is 12.4 Å². The first kappa shape index (κ1) is 67.9. The molecule has 1 fully saturated rings. The normalized spacial score (nSPS) is 20.0. The summed E-state index contributed by atoms with van der Waals surface area (Å²) >= 11 is 0. The molecule has 0 spiro atoms. The number of aliphatic hydroxyl groups is 5. The van der Waals surface area contributed by atoms with Crippen LogP contribution in [0, 0.1) is 0 Å². The van der Waals surface area contributed by atoms with Crippen molar-refractivity contribution in [3.63, 3.8) is 0 Å². The topological polar surface area (TPSA) is 175 Å². The maximum atomic E-state index is 13.4. The molecule has 0 saturated carbocycles. The highest BCUT2D eigenvalue weighted by Crippen LogP contribution is 2.26. The number of unbranched alkanes of at least 4 members (excludes halogenated alkanes) is 22. The largest absolute Gasteiger partial charge is 0.454 e. The molecule has 1 aliphatic heterocycles. The van der Waals surface area contributed by atoms with Gasteiger partial charge in [-0.2, -0.15) is 0 Å². The predicted octanol–water partition coefficient (Wildman–Crippen LogP) is 13.4. The Labute approximate surface area is 444 Å². The monoisotopic (exact) mass is 1030 g/mol. The molecular formula is C62H107NO10. The van der Waals surface area contributed by atoms with Crippen LogP contribution in [-0.2, 0) is 23.8 Å². The lowest BCUT2D eigenvalue weighted by molar-refractivity contribution is -0.305. The molecule has 0 aromatic carbocycles. The van der Waals surface area contributed by atoms with E-state index in [1.807, 2.05) is 18.2 Å². The summed E-state index contributed by atoms with van der Waals surface area (Å²) in [5.41, 5.74) is 0. The number of esters is 1. The molecular weight excluding hydrogens is 919 g/mol. The third-order valence-corrected chi connectivity index (χ3v) is 13.3. The third-order valence-electron chi connectivity index (χ3n) is 13.3. The number of carbonyl (C=O) groups is 2. The summed E-state index contributed by atoms with van der Waals surface area (Å²) in [7, 11) is 0. The van der Waals surface area contributed by atoms with E-state index in [0.717, 1.165) is 89.9 Å². The van der Waals surface area contributed by atoms with Gasteiger partial charge in [-0.05, 0) is 89.9 Å². The van der Waals surface area contributed by atoms with Gasteiger partial charge in [-0.15, -0.1) is 0 Å². The van der Waals surface area contributed by atoms with Gasteiger partial charge in [-0.3, -0.25) is 9.59 Å². The van der Waals surface area contributed by atoms with E-state index < -0.39 is 67.4 Å². The molecule has 0 aromatic heterocycles. The molecule has 11 heteroatoms. The van der Waals surface area contributed by atoms with Gasteiger partial charge in [-0.25, -0.2) is 0 Å². The van der Waals surface area contributed by atoms with Crippen LogP contribution in [0.2, 0.25) is 0 Å². The number of carbonyl (C=O) groups excluding carboxylic acids is 2. The highest BCUT2D eigenvalue weighted by molar-refractivity contribution is 5.80. The van der Waals surface area contributed by atoms with Gasteiger partial charge in [0.1, 0.15) is 24.4 Å². The van der Waals surface area contributed by atoms with E-state index in [1.165, 1.54) is 89.9 Å². The minimum atomic E-state index is -1.64. The van der Waals surface area contributed by atoms with Crippen molar-refractivity contribution in [1.82, 2.24) is 5.32 Å². The molecule has 73 heavy (non-hydrogen) atoms. The fraction of sp³-hybridized carbons (Fsp3) is 0.742. The summed E-state index contributed by atoms with van der Waals surface area (Å²) in [6.45, 7) is 5.61. The summed E-state index contributed by atoms with van der Waals surface area (Å²) < 4.78 is 17.5. The van der Waals surface area contributed by atoms with E-state index in [0.29, 0.717) is 19.3 Å². The van der Waals surface area contributed by atoms with Crippen molar-refractivity contribution >= 4 is 11.9 Å². The van der Waals surface area contributed by atoms with Crippen molar-refractivity contribution in [3.05, 3.63) is 85.1 Å². The molecule has 0 radical (unpaired) electrons. The first-order chi connectivity index (χ1) is 35.7. The number of hydrogen-bond acceptors (Lipinski definition) is 10. The van der Waals surface area contributed by atoms with Crippen LogP contribution in [0.3, 0.4) is 0 Å². The van der Waals surface area contributed by atoms with Crippen LogP contribution in [0.25, 0.3) is 0 Å². The van der Waals surface area contributed by atoms with E-state index in [9.17, 15) is 35.1 Å². The van der Waals surface area contributed by atoms with Gasteiger partial charge in [0, 0.05) is 6.42 Å². The van der Waals surface area contributed by atoms with Crippen LogP contribution in [0.5, 0.6) is 0 Å².